The fourth-order valence-corrected chi connectivity index (χ4v) is 4.72. The zero-order valence-corrected chi connectivity index (χ0v) is 21.3. The maximum atomic E-state index is 11.1. The number of carbonyl (C=O) groups excluding carboxylic acids is 1. The summed E-state index contributed by atoms with van der Waals surface area (Å²) in [7, 11) is 1.73. The molecule has 36 heavy (non-hydrogen) atoms. The summed E-state index contributed by atoms with van der Waals surface area (Å²) in [6.07, 6.45) is 5.50. The lowest BCUT2D eigenvalue weighted by atomic mass is 9.71. The van der Waals surface area contributed by atoms with E-state index >= 15 is 0 Å². The molecule has 1 aliphatic carbocycles. The monoisotopic (exact) mass is 487 g/mol. The Morgan fingerprint density at radius 2 is 1.86 bits per heavy atom. The van der Waals surface area contributed by atoms with E-state index in [-0.39, 0.29) is 5.41 Å². The Morgan fingerprint density at radius 3 is 2.58 bits per heavy atom. The number of ether oxygens (including phenoxy) is 2. The van der Waals surface area contributed by atoms with Gasteiger partial charge in [-0.05, 0) is 55.9 Å². The Kier molecular flexibility index (Phi) is 7.40. The summed E-state index contributed by atoms with van der Waals surface area (Å²) in [4.78, 5) is 15.8. The van der Waals surface area contributed by atoms with Gasteiger partial charge >= 0.3 is 6.09 Å². The van der Waals surface area contributed by atoms with Crippen LogP contribution in [0.25, 0.3) is 22.5 Å². The summed E-state index contributed by atoms with van der Waals surface area (Å²) in [5, 5.41) is 4.26. The Labute approximate surface area is 212 Å². The molecule has 7 heteroatoms. The van der Waals surface area contributed by atoms with Crippen molar-refractivity contribution in [3.8, 4) is 11.4 Å². The van der Waals surface area contributed by atoms with E-state index in [4.69, 9.17) is 24.7 Å². The summed E-state index contributed by atoms with van der Waals surface area (Å²) < 4.78 is 16.5. The van der Waals surface area contributed by atoms with E-state index in [1.165, 1.54) is 11.1 Å². The van der Waals surface area contributed by atoms with Gasteiger partial charge in [-0.15, -0.1) is 0 Å². The fourth-order valence-electron chi connectivity index (χ4n) is 4.72. The first kappa shape index (κ1) is 25.4. The number of allylic oxidation sites excluding steroid dienone is 3. The van der Waals surface area contributed by atoms with Crippen LogP contribution in [0.2, 0.25) is 0 Å². The van der Waals surface area contributed by atoms with Crippen LogP contribution in [-0.4, -0.2) is 35.6 Å². The molecule has 1 amide bonds. The fraction of sp³-hybridized carbons (Fsp3) is 0.345. The minimum absolute atomic E-state index is 0.228. The lowest BCUT2D eigenvalue weighted by Crippen LogP contribution is -2.31. The second-order valence-electron chi connectivity index (χ2n) is 10.1. The molecule has 1 heterocycles. The summed E-state index contributed by atoms with van der Waals surface area (Å²) in [5.41, 5.74) is 9.65. The lowest BCUT2D eigenvalue weighted by molar-refractivity contribution is 0.0394. The normalized spacial score (nSPS) is 17.9. The average Bonchev–Trinajstić information content (AvgIpc) is 3.33. The third-order valence-corrected chi connectivity index (χ3v) is 6.51. The van der Waals surface area contributed by atoms with Crippen LogP contribution in [-0.2, 0) is 15.9 Å². The molecule has 1 unspecified atom stereocenters. The molecule has 0 spiro atoms. The maximum absolute atomic E-state index is 11.1. The molecule has 2 aromatic carbocycles. The van der Waals surface area contributed by atoms with E-state index in [1.807, 2.05) is 56.3 Å². The highest BCUT2D eigenvalue weighted by molar-refractivity contribution is 5.80. The lowest BCUT2D eigenvalue weighted by Gasteiger charge is -2.34. The molecule has 0 bridgehead atoms. The Balaban J connectivity index is 1.55. The van der Waals surface area contributed by atoms with Crippen LogP contribution in [0.15, 0.2) is 71.3 Å². The molecule has 1 aliphatic rings. The van der Waals surface area contributed by atoms with Gasteiger partial charge in [-0.2, -0.15) is 4.98 Å². The van der Waals surface area contributed by atoms with E-state index in [0.29, 0.717) is 31.2 Å². The molecular weight excluding hydrogens is 454 g/mol. The highest BCUT2D eigenvalue weighted by Crippen LogP contribution is 2.45. The molecule has 1 atom stereocenters. The highest BCUT2D eigenvalue weighted by Gasteiger charge is 2.35. The molecular formula is C29H33N3O4. The predicted octanol–water partition coefficient (Wildman–Crippen LogP) is 6.07. The molecule has 0 saturated carbocycles. The van der Waals surface area contributed by atoms with E-state index in [0.717, 1.165) is 23.1 Å². The number of aromatic nitrogens is 2. The van der Waals surface area contributed by atoms with Crippen molar-refractivity contribution < 1.29 is 18.8 Å². The van der Waals surface area contributed by atoms with E-state index in [1.54, 1.807) is 7.11 Å². The molecule has 4 rings (SSSR count). The van der Waals surface area contributed by atoms with E-state index < -0.39 is 11.7 Å². The van der Waals surface area contributed by atoms with Crippen molar-refractivity contribution in [1.29, 1.82) is 0 Å². The minimum Gasteiger partial charge on any atom is -0.444 e. The molecule has 2 N–H and O–H groups in total. The van der Waals surface area contributed by atoms with Gasteiger partial charge in [-0.25, -0.2) is 4.79 Å². The third-order valence-electron chi connectivity index (χ3n) is 6.51. The molecule has 3 aromatic rings. The van der Waals surface area contributed by atoms with Gasteiger partial charge in [0.15, 0.2) is 0 Å². The number of carbonyl (C=O) groups is 1. The van der Waals surface area contributed by atoms with Gasteiger partial charge in [0.25, 0.3) is 5.89 Å². The molecule has 7 nitrogen and oxygen atoms in total. The van der Waals surface area contributed by atoms with Crippen LogP contribution in [0.1, 0.15) is 50.6 Å². The van der Waals surface area contributed by atoms with Crippen molar-refractivity contribution in [1.82, 2.24) is 10.1 Å². The first-order chi connectivity index (χ1) is 17.2. The molecule has 188 valence electrons. The van der Waals surface area contributed by atoms with E-state index in [9.17, 15) is 4.79 Å². The summed E-state index contributed by atoms with van der Waals surface area (Å²) in [6, 6.07) is 18.3. The SMILES string of the molecule is COCC1(C)CC(c2nc(-c3cccc(CCC(C)(C)OC(N)=O)c3)no2)=CC=C1c1ccccc1. The summed E-state index contributed by atoms with van der Waals surface area (Å²) in [6.45, 7) is 6.47. The van der Waals surface area contributed by atoms with Gasteiger partial charge in [0.1, 0.15) is 5.60 Å². The Morgan fingerprint density at radius 1 is 1.11 bits per heavy atom. The van der Waals surface area contributed by atoms with Crippen molar-refractivity contribution in [2.45, 2.75) is 45.6 Å². The number of primary amides is 1. The number of methoxy groups -OCH3 is 1. The quantitative estimate of drug-likeness (QED) is 0.393. The number of hydrogen-bond donors (Lipinski definition) is 1. The van der Waals surface area contributed by atoms with Crippen LogP contribution in [0.4, 0.5) is 4.79 Å². The van der Waals surface area contributed by atoms with Crippen LogP contribution >= 0.6 is 0 Å². The predicted molar refractivity (Wildman–Crippen MR) is 140 cm³/mol. The zero-order valence-electron chi connectivity index (χ0n) is 21.3. The average molecular weight is 488 g/mol. The van der Waals surface area contributed by atoms with Gasteiger partial charge in [-0.1, -0.05) is 72.8 Å². The Hall–Kier alpha value is -3.71. The number of amides is 1. The summed E-state index contributed by atoms with van der Waals surface area (Å²) in [5.74, 6) is 1.05. The van der Waals surface area contributed by atoms with Crippen molar-refractivity contribution in [2.24, 2.45) is 11.1 Å². The number of nitrogens with zero attached hydrogens (tertiary/aromatic N) is 2. The van der Waals surface area contributed by atoms with Crippen molar-refractivity contribution >= 4 is 17.2 Å². The zero-order chi connectivity index (χ0) is 25.8. The van der Waals surface area contributed by atoms with Gasteiger partial charge in [0.05, 0.1) is 6.61 Å². The second-order valence-corrected chi connectivity index (χ2v) is 10.1. The van der Waals surface area contributed by atoms with Gasteiger partial charge in [0.2, 0.25) is 5.82 Å². The smallest absolute Gasteiger partial charge is 0.405 e. The molecule has 0 radical (unpaired) electrons. The molecule has 0 aliphatic heterocycles. The van der Waals surface area contributed by atoms with Gasteiger partial charge < -0.3 is 19.7 Å². The van der Waals surface area contributed by atoms with Crippen molar-refractivity contribution in [3.05, 3.63) is 83.8 Å². The molecule has 1 aromatic heterocycles. The number of rotatable bonds is 9. The second kappa shape index (κ2) is 10.5. The maximum Gasteiger partial charge on any atom is 0.405 e. The minimum atomic E-state index is -0.766. The number of nitrogens with two attached hydrogens (primary N) is 1. The first-order valence-corrected chi connectivity index (χ1v) is 12.1. The number of benzene rings is 2. The van der Waals surface area contributed by atoms with Crippen molar-refractivity contribution in [3.63, 3.8) is 0 Å². The van der Waals surface area contributed by atoms with Gasteiger partial charge in [-0.3, -0.25) is 0 Å². The van der Waals surface area contributed by atoms with Crippen LogP contribution in [0.3, 0.4) is 0 Å². The van der Waals surface area contributed by atoms with Crippen molar-refractivity contribution in [2.75, 3.05) is 13.7 Å². The standard InChI is InChI=1S/C29H33N3O4/c1-28(2,35-27(30)33)16-15-20-9-8-12-22(17-20)25-31-26(36-32-25)23-13-14-24(21-10-6-5-7-11-21)29(3,18-23)19-34-4/h5-14,17H,15-16,18-19H2,1-4H3,(H2,30,33). The largest absolute Gasteiger partial charge is 0.444 e. The van der Waals surface area contributed by atoms with Crippen LogP contribution in [0.5, 0.6) is 0 Å². The van der Waals surface area contributed by atoms with Crippen LogP contribution in [0, 0.1) is 5.41 Å². The third kappa shape index (κ3) is 5.91. The van der Waals surface area contributed by atoms with Crippen LogP contribution < -0.4 is 5.73 Å². The molecule has 0 saturated heterocycles. The topological polar surface area (TPSA) is 100 Å². The number of hydrogen-bond acceptors (Lipinski definition) is 6. The number of aryl methyl sites for hydroxylation is 1. The Bertz CT molecular complexity index is 1280. The van der Waals surface area contributed by atoms with Gasteiger partial charge in [0, 0.05) is 23.7 Å². The first-order valence-electron chi connectivity index (χ1n) is 12.1. The molecule has 0 fully saturated rings. The van der Waals surface area contributed by atoms with E-state index in [2.05, 4.69) is 36.4 Å². The highest BCUT2D eigenvalue weighted by atomic mass is 16.6. The summed E-state index contributed by atoms with van der Waals surface area (Å²) >= 11 is 0.